The van der Waals surface area contributed by atoms with E-state index in [9.17, 15) is 0 Å². The number of hydrogen-bond donors (Lipinski definition) is 1. The number of aryl methyl sites for hydroxylation is 1. The van der Waals surface area contributed by atoms with E-state index in [0.717, 1.165) is 18.8 Å². The van der Waals surface area contributed by atoms with Crippen molar-refractivity contribution in [1.82, 2.24) is 20.1 Å². The molecule has 2 aromatic rings. The highest BCUT2D eigenvalue weighted by molar-refractivity contribution is 5.14. The first-order valence-electron chi connectivity index (χ1n) is 5.34. The Labute approximate surface area is 94.5 Å². The zero-order valence-corrected chi connectivity index (χ0v) is 9.55. The molecule has 86 valence electrons. The lowest BCUT2D eigenvalue weighted by Gasteiger charge is -2.13. The molecule has 0 aliphatic carbocycles. The van der Waals surface area contributed by atoms with Crippen molar-refractivity contribution in [1.29, 1.82) is 0 Å². The van der Waals surface area contributed by atoms with Crippen molar-refractivity contribution < 1.29 is 4.42 Å². The molecule has 5 nitrogen and oxygen atoms in total. The van der Waals surface area contributed by atoms with E-state index < -0.39 is 0 Å². The van der Waals surface area contributed by atoms with E-state index in [-0.39, 0.29) is 0 Å². The van der Waals surface area contributed by atoms with Gasteiger partial charge in [0.05, 0.1) is 12.8 Å². The Morgan fingerprint density at radius 3 is 2.81 bits per heavy atom. The number of nitrogens with one attached hydrogen (secondary N) is 1. The molecular weight excluding hydrogens is 204 g/mol. The van der Waals surface area contributed by atoms with Gasteiger partial charge in [-0.3, -0.25) is 0 Å². The summed E-state index contributed by atoms with van der Waals surface area (Å²) < 4.78 is 7.31. The van der Waals surface area contributed by atoms with Crippen molar-refractivity contribution in [3.05, 3.63) is 36.3 Å². The van der Waals surface area contributed by atoms with Crippen LogP contribution in [0.2, 0.25) is 0 Å². The van der Waals surface area contributed by atoms with Crippen LogP contribution < -0.4 is 5.32 Å². The maximum Gasteiger partial charge on any atom is 0.120 e. The molecule has 0 bridgehead atoms. The fourth-order valence-electron chi connectivity index (χ4n) is 1.55. The molecule has 1 atom stereocenters. The predicted octanol–water partition coefficient (Wildman–Crippen LogP) is 1.36. The van der Waals surface area contributed by atoms with Gasteiger partial charge in [-0.15, -0.1) is 10.2 Å². The molecule has 0 amide bonds. The first kappa shape index (κ1) is 10.9. The molecule has 0 saturated carbocycles. The van der Waals surface area contributed by atoms with Gasteiger partial charge in [0.1, 0.15) is 18.4 Å². The standard InChI is InChI=1S/C11H16N4O/c1-9-3-4-16-11(9)5-12-10(2)6-15-7-13-14-8-15/h3-4,7-8,10,12H,5-6H2,1-2H3. The molecule has 0 saturated heterocycles. The Hall–Kier alpha value is -1.62. The third-order valence-electron chi connectivity index (χ3n) is 2.53. The number of furan rings is 1. The second-order valence-corrected chi connectivity index (χ2v) is 3.97. The van der Waals surface area contributed by atoms with Crippen molar-refractivity contribution in [3.63, 3.8) is 0 Å². The molecule has 2 rings (SSSR count). The van der Waals surface area contributed by atoms with Gasteiger partial charge in [0.2, 0.25) is 0 Å². The zero-order chi connectivity index (χ0) is 11.4. The van der Waals surface area contributed by atoms with Gasteiger partial charge in [-0.05, 0) is 25.5 Å². The van der Waals surface area contributed by atoms with Crippen LogP contribution in [0.4, 0.5) is 0 Å². The quantitative estimate of drug-likeness (QED) is 0.826. The lowest BCUT2D eigenvalue weighted by Crippen LogP contribution is -2.29. The normalized spacial score (nSPS) is 12.9. The minimum absolute atomic E-state index is 0.348. The lowest BCUT2D eigenvalue weighted by molar-refractivity contribution is 0.426. The minimum atomic E-state index is 0.348. The summed E-state index contributed by atoms with van der Waals surface area (Å²) in [6.07, 6.45) is 5.16. The first-order valence-corrected chi connectivity index (χ1v) is 5.34. The van der Waals surface area contributed by atoms with E-state index in [1.165, 1.54) is 5.56 Å². The van der Waals surface area contributed by atoms with E-state index >= 15 is 0 Å². The summed E-state index contributed by atoms with van der Waals surface area (Å²) in [5.74, 6) is 0.996. The highest BCUT2D eigenvalue weighted by atomic mass is 16.3. The van der Waals surface area contributed by atoms with E-state index in [4.69, 9.17) is 4.42 Å². The number of aromatic nitrogens is 3. The van der Waals surface area contributed by atoms with Crippen molar-refractivity contribution >= 4 is 0 Å². The number of nitrogens with zero attached hydrogens (tertiary/aromatic N) is 3. The monoisotopic (exact) mass is 220 g/mol. The van der Waals surface area contributed by atoms with Crippen LogP contribution in [-0.2, 0) is 13.1 Å². The fraction of sp³-hybridized carbons (Fsp3) is 0.455. The van der Waals surface area contributed by atoms with E-state index in [1.54, 1.807) is 18.9 Å². The number of hydrogen-bond acceptors (Lipinski definition) is 4. The summed E-state index contributed by atoms with van der Waals surface area (Å²) in [6.45, 7) is 5.78. The number of rotatable bonds is 5. The van der Waals surface area contributed by atoms with Crippen LogP contribution in [0, 0.1) is 6.92 Å². The van der Waals surface area contributed by atoms with Gasteiger partial charge in [0, 0.05) is 12.6 Å². The molecule has 16 heavy (non-hydrogen) atoms. The maximum absolute atomic E-state index is 5.36. The molecule has 2 aromatic heterocycles. The highest BCUT2D eigenvalue weighted by Gasteiger charge is 2.05. The third-order valence-corrected chi connectivity index (χ3v) is 2.53. The minimum Gasteiger partial charge on any atom is -0.468 e. The topological polar surface area (TPSA) is 55.9 Å². The Morgan fingerprint density at radius 1 is 1.44 bits per heavy atom. The SMILES string of the molecule is Cc1ccoc1CNC(C)Cn1cnnc1. The molecule has 0 aliphatic rings. The van der Waals surface area contributed by atoms with Crippen molar-refractivity contribution in [3.8, 4) is 0 Å². The Balaban J connectivity index is 1.80. The third kappa shape index (κ3) is 2.70. The molecule has 0 aromatic carbocycles. The molecule has 2 heterocycles. The lowest BCUT2D eigenvalue weighted by atomic mass is 10.2. The average molecular weight is 220 g/mol. The van der Waals surface area contributed by atoms with Gasteiger partial charge >= 0.3 is 0 Å². The van der Waals surface area contributed by atoms with Crippen molar-refractivity contribution in [2.24, 2.45) is 0 Å². The van der Waals surface area contributed by atoms with E-state index in [0.29, 0.717) is 6.04 Å². The van der Waals surface area contributed by atoms with Gasteiger partial charge in [-0.2, -0.15) is 0 Å². The van der Waals surface area contributed by atoms with Crippen LogP contribution in [0.5, 0.6) is 0 Å². The van der Waals surface area contributed by atoms with Crippen LogP contribution in [-0.4, -0.2) is 20.8 Å². The van der Waals surface area contributed by atoms with Crippen molar-refractivity contribution in [2.75, 3.05) is 0 Å². The average Bonchev–Trinajstić information content (AvgIpc) is 2.87. The molecule has 1 unspecified atom stereocenters. The summed E-state index contributed by atoms with van der Waals surface area (Å²) in [4.78, 5) is 0. The summed E-state index contributed by atoms with van der Waals surface area (Å²) in [6, 6.07) is 2.32. The summed E-state index contributed by atoms with van der Waals surface area (Å²) in [5, 5.41) is 10.9. The smallest absolute Gasteiger partial charge is 0.120 e. The molecular formula is C11H16N4O. The molecule has 0 spiro atoms. The molecule has 5 heteroatoms. The largest absolute Gasteiger partial charge is 0.468 e. The van der Waals surface area contributed by atoms with Crippen LogP contribution in [0.15, 0.2) is 29.4 Å². The molecule has 0 fully saturated rings. The predicted molar refractivity (Wildman–Crippen MR) is 59.8 cm³/mol. The summed E-state index contributed by atoms with van der Waals surface area (Å²) in [7, 11) is 0. The van der Waals surface area contributed by atoms with Crippen LogP contribution in [0.25, 0.3) is 0 Å². The maximum atomic E-state index is 5.36. The van der Waals surface area contributed by atoms with E-state index in [2.05, 4.69) is 22.4 Å². The molecule has 0 aliphatic heterocycles. The summed E-state index contributed by atoms with van der Waals surface area (Å²) >= 11 is 0. The second-order valence-electron chi connectivity index (χ2n) is 3.97. The summed E-state index contributed by atoms with van der Waals surface area (Å²) in [5.41, 5.74) is 1.18. The van der Waals surface area contributed by atoms with Gasteiger partial charge in [-0.25, -0.2) is 0 Å². The van der Waals surface area contributed by atoms with Gasteiger partial charge < -0.3 is 14.3 Å². The van der Waals surface area contributed by atoms with Gasteiger partial charge in [0.15, 0.2) is 0 Å². The Kier molecular flexibility index (Phi) is 3.36. The molecule has 0 radical (unpaired) electrons. The van der Waals surface area contributed by atoms with Crippen LogP contribution in [0.1, 0.15) is 18.2 Å². The Morgan fingerprint density at radius 2 is 2.19 bits per heavy atom. The second kappa shape index (κ2) is 4.94. The zero-order valence-electron chi connectivity index (χ0n) is 9.55. The molecule has 1 N–H and O–H groups in total. The van der Waals surface area contributed by atoms with Gasteiger partial charge in [-0.1, -0.05) is 0 Å². The van der Waals surface area contributed by atoms with Crippen LogP contribution >= 0.6 is 0 Å². The van der Waals surface area contributed by atoms with Crippen molar-refractivity contribution in [2.45, 2.75) is 33.0 Å². The highest BCUT2D eigenvalue weighted by Crippen LogP contribution is 2.08. The van der Waals surface area contributed by atoms with Gasteiger partial charge in [0.25, 0.3) is 0 Å². The van der Waals surface area contributed by atoms with Crippen LogP contribution in [0.3, 0.4) is 0 Å². The van der Waals surface area contributed by atoms with E-state index in [1.807, 2.05) is 17.6 Å². The Bertz CT molecular complexity index is 421. The first-order chi connectivity index (χ1) is 7.75. The fourth-order valence-corrected chi connectivity index (χ4v) is 1.55.